The number of aliphatic hydroxyl groups excluding tert-OH is 1. The van der Waals surface area contributed by atoms with E-state index in [4.69, 9.17) is 0 Å². The molecule has 1 aliphatic heterocycles. The first-order valence-corrected chi connectivity index (χ1v) is 9.11. The van der Waals surface area contributed by atoms with Crippen LogP contribution in [0.15, 0.2) is 30.3 Å². The number of rotatable bonds is 7. The van der Waals surface area contributed by atoms with Crippen LogP contribution in [0.3, 0.4) is 0 Å². The third-order valence-electron chi connectivity index (χ3n) is 3.87. The molecular formula is C17H26N2O2S. The van der Waals surface area contributed by atoms with Crippen LogP contribution in [0.25, 0.3) is 0 Å². The van der Waals surface area contributed by atoms with Gasteiger partial charge in [-0.2, -0.15) is 11.8 Å². The van der Waals surface area contributed by atoms with Crippen LogP contribution in [0, 0.1) is 0 Å². The maximum atomic E-state index is 12.1. The van der Waals surface area contributed by atoms with Crippen LogP contribution in [0.2, 0.25) is 0 Å². The Labute approximate surface area is 137 Å². The second-order valence-electron chi connectivity index (χ2n) is 5.93. The predicted octanol–water partition coefficient (Wildman–Crippen LogP) is 1.75. The minimum Gasteiger partial charge on any atom is -0.393 e. The minimum atomic E-state index is -0.376. The fourth-order valence-corrected chi connectivity index (χ4v) is 3.71. The molecule has 22 heavy (non-hydrogen) atoms. The van der Waals surface area contributed by atoms with Gasteiger partial charge in [0.1, 0.15) is 0 Å². The highest BCUT2D eigenvalue weighted by atomic mass is 32.2. The molecule has 1 aromatic rings. The second-order valence-corrected chi connectivity index (χ2v) is 7.08. The largest absolute Gasteiger partial charge is 0.393 e. The van der Waals surface area contributed by atoms with Crippen LogP contribution in [0.4, 0.5) is 0 Å². The molecule has 5 heteroatoms. The van der Waals surface area contributed by atoms with Crippen molar-refractivity contribution in [1.29, 1.82) is 0 Å². The van der Waals surface area contributed by atoms with Crippen LogP contribution in [-0.4, -0.2) is 47.8 Å². The van der Waals surface area contributed by atoms with E-state index in [1.807, 2.05) is 30.0 Å². The van der Waals surface area contributed by atoms with E-state index in [1.54, 1.807) is 6.92 Å². The SMILES string of the molecule is CC(O)CC(CNC(=O)CC1CSCCN1)c1ccccc1. The third kappa shape index (κ3) is 5.99. The Morgan fingerprint density at radius 1 is 1.45 bits per heavy atom. The van der Waals surface area contributed by atoms with Crippen molar-refractivity contribution in [2.75, 3.05) is 24.6 Å². The van der Waals surface area contributed by atoms with Crippen molar-refractivity contribution >= 4 is 17.7 Å². The fourth-order valence-electron chi connectivity index (χ4n) is 2.76. The zero-order chi connectivity index (χ0) is 15.8. The molecule has 1 aromatic carbocycles. The van der Waals surface area contributed by atoms with Gasteiger partial charge in [0.05, 0.1) is 6.10 Å². The van der Waals surface area contributed by atoms with Gasteiger partial charge in [-0.25, -0.2) is 0 Å². The molecule has 1 amide bonds. The highest BCUT2D eigenvalue weighted by Crippen LogP contribution is 2.20. The average Bonchev–Trinajstić information content (AvgIpc) is 2.53. The monoisotopic (exact) mass is 322 g/mol. The van der Waals surface area contributed by atoms with Gasteiger partial charge >= 0.3 is 0 Å². The van der Waals surface area contributed by atoms with Crippen molar-refractivity contribution in [3.63, 3.8) is 0 Å². The van der Waals surface area contributed by atoms with Crippen LogP contribution < -0.4 is 10.6 Å². The van der Waals surface area contributed by atoms with Crippen molar-refractivity contribution < 1.29 is 9.90 Å². The summed E-state index contributed by atoms with van der Waals surface area (Å²) in [5.41, 5.74) is 1.16. The smallest absolute Gasteiger partial charge is 0.221 e. The van der Waals surface area contributed by atoms with E-state index in [1.165, 1.54) is 0 Å². The van der Waals surface area contributed by atoms with Gasteiger partial charge in [-0.1, -0.05) is 30.3 Å². The lowest BCUT2D eigenvalue weighted by molar-refractivity contribution is -0.121. The Balaban J connectivity index is 1.83. The zero-order valence-corrected chi connectivity index (χ0v) is 13.9. The lowest BCUT2D eigenvalue weighted by Crippen LogP contribution is -2.42. The number of carbonyl (C=O) groups excluding carboxylic acids is 1. The Bertz CT molecular complexity index is 447. The van der Waals surface area contributed by atoms with Crippen LogP contribution in [0.5, 0.6) is 0 Å². The number of nitrogens with one attached hydrogen (secondary N) is 2. The van der Waals surface area contributed by atoms with Crippen molar-refractivity contribution in [1.82, 2.24) is 10.6 Å². The Morgan fingerprint density at radius 3 is 2.86 bits per heavy atom. The Morgan fingerprint density at radius 2 is 2.23 bits per heavy atom. The van der Waals surface area contributed by atoms with Crippen molar-refractivity contribution in [2.45, 2.75) is 37.8 Å². The van der Waals surface area contributed by atoms with E-state index in [0.717, 1.165) is 23.6 Å². The Hall–Kier alpha value is -1.04. The number of carbonyl (C=O) groups is 1. The number of hydrogen-bond donors (Lipinski definition) is 3. The quantitative estimate of drug-likeness (QED) is 0.716. The summed E-state index contributed by atoms with van der Waals surface area (Å²) in [6.45, 7) is 3.35. The molecule has 3 N–H and O–H groups in total. The van der Waals surface area contributed by atoms with E-state index < -0.39 is 0 Å². The molecule has 0 saturated carbocycles. The molecule has 0 radical (unpaired) electrons. The first kappa shape index (κ1) is 17.3. The van der Waals surface area contributed by atoms with Gasteiger partial charge in [-0.05, 0) is 18.9 Å². The predicted molar refractivity (Wildman–Crippen MR) is 92.2 cm³/mol. The summed E-state index contributed by atoms with van der Waals surface area (Å²) in [6, 6.07) is 10.4. The molecule has 3 atom stereocenters. The summed E-state index contributed by atoms with van der Waals surface area (Å²) in [6.07, 6.45) is 0.809. The number of hydrogen-bond acceptors (Lipinski definition) is 4. The highest BCUT2D eigenvalue weighted by Gasteiger charge is 2.19. The molecule has 1 heterocycles. The van der Waals surface area contributed by atoms with E-state index in [2.05, 4.69) is 22.8 Å². The van der Waals surface area contributed by atoms with Crippen molar-refractivity contribution in [2.24, 2.45) is 0 Å². The topological polar surface area (TPSA) is 61.4 Å². The van der Waals surface area contributed by atoms with Crippen LogP contribution in [-0.2, 0) is 4.79 Å². The molecule has 1 saturated heterocycles. The summed E-state index contributed by atoms with van der Waals surface area (Å²) in [5, 5.41) is 16.1. The van der Waals surface area contributed by atoms with E-state index in [0.29, 0.717) is 19.4 Å². The number of aliphatic hydroxyl groups is 1. The van der Waals surface area contributed by atoms with Gasteiger partial charge in [0.25, 0.3) is 0 Å². The first-order chi connectivity index (χ1) is 10.6. The standard InChI is InChI=1S/C17H26N2O2S/c1-13(20)9-15(14-5-3-2-4-6-14)11-19-17(21)10-16-12-22-8-7-18-16/h2-6,13,15-16,18,20H,7-12H2,1H3,(H,19,21). The van der Waals surface area contributed by atoms with Crippen LogP contribution in [0.1, 0.15) is 31.2 Å². The molecule has 2 rings (SSSR count). The summed E-state index contributed by atoms with van der Waals surface area (Å²) in [4.78, 5) is 12.1. The van der Waals surface area contributed by atoms with E-state index in [9.17, 15) is 9.90 Å². The van der Waals surface area contributed by atoms with E-state index >= 15 is 0 Å². The average molecular weight is 322 g/mol. The molecule has 0 bridgehead atoms. The molecule has 0 aliphatic carbocycles. The number of thioether (sulfide) groups is 1. The van der Waals surface area contributed by atoms with Gasteiger partial charge in [-0.3, -0.25) is 4.79 Å². The van der Waals surface area contributed by atoms with Gasteiger partial charge in [0.2, 0.25) is 5.91 Å². The van der Waals surface area contributed by atoms with Gasteiger partial charge in [-0.15, -0.1) is 0 Å². The summed E-state index contributed by atoms with van der Waals surface area (Å²) < 4.78 is 0. The summed E-state index contributed by atoms with van der Waals surface area (Å²) in [5.74, 6) is 2.37. The number of benzene rings is 1. The van der Waals surface area contributed by atoms with Gasteiger partial charge in [0, 0.05) is 43.0 Å². The molecule has 122 valence electrons. The second kappa shape index (κ2) is 9.18. The Kier molecular flexibility index (Phi) is 7.22. The lowest BCUT2D eigenvalue weighted by Gasteiger charge is -2.24. The maximum absolute atomic E-state index is 12.1. The maximum Gasteiger partial charge on any atom is 0.221 e. The van der Waals surface area contributed by atoms with Crippen LogP contribution >= 0.6 is 11.8 Å². The normalized spacial score (nSPS) is 21.1. The lowest BCUT2D eigenvalue weighted by atomic mass is 9.93. The van der Waals surface area contributed by atoms with Gasteiger partial charge < -0.3 is 15.7 Å². The van der Waals surface area contributed by atoms with Crippen molar-refractivity contribution in [3.05, 3.63) is 35.9 Å². The molecule has 1 fully saturated rings. The van der Waals surface area contributed by atoms with Gasteiger partial charge in [0.15, 0.2) is 0 Å². The third-order valence-corrected chi connectivity index (χ3v) is 5.00. The molecule has 1 aliphatic rings. The number of amides is 1. The molecule has 3 unspecified atom stereocenters. The zero-order valence-electron chi connectivity index (χ0n) is 13.1. The highest BCUT2D eigenvalue weighted by molar-refractivity contribution is 7.99. The van der Waals surface area contributed by atoms with E-state index in [-0.39, 0.29) is 24.0 Å². The molecular weight excluding hydrogens is 296 g/mol. The summed E-state index contributed by atoms with van der Waals surface area (Å²) in [7, 11) is 0. The molecule has 4 nitrogen and oxygen atoms in total. The van der Waals surface area contributed by atoms with Crippen molar-refractivity contribution in [3.8, 4) is 0 Å². The molecule has 0 spiro atoms. The molecule has 0 aromatic heterocycles. The fraction of sp³-hybridized carbons (Fsp3) is 0.588. The summed E-state index contributed by atoms with van der Waals surface area (Å²) >= 11 is 1.90. The first-order valence-electron chi connectivity index (χ1n) is 7.96. The minimum absolute atomic E-state index is 0.0894.